The van der Waals surface area contributed by atoms with E-state index in [1.54, 1.807) is 11.3 Å². The number of nitrogens with one attached hydrogen (secondary N) is 2. The zero-order chi connectivity index (χ0) is 10.7. The van der Waals surface area contributed by atoms with Crippen LogP contribution in [0.2, 0.25) is 0 Å². The van der Waals surface area contributed by atoms with Crippen LogP contribution in [0.1, 0.15) is 11.3 Å². The molecule has 0 saturated carbocycles. The van der Waals surface area contributed by atoms with E-state index >= 15 is 0 Å². The zero-order valence-corrected chi connectivity index (χ0v) is 10.7. The van der Waals surface area contributed by atoms with Crippen LogP contribution in [0.5, 0.6) is 0 Å². The smallest absolute Gasteiger partial charge is 0.237 e. The molecule has 3 nitrogen and oxygen atoms in total. The summed E-state index contributed by atoms with van der Waals surface area (Å²) in [6.07, 6.45) is 1.88. The lowest BCUT2D eigenvalue weighted by Crippen LogP contribution is -2.37. The molecule has 1 atom stereocenters. The number of thiophene rings is 1. The lowest BCUT2D eigenvalue weighted by molar-refractivity contribution is -0.120. The third kappa shape index (κ3) is 2.80. The summed E-state index contributed by atoms with van der Waals surface area (Å²) in [4.78, 5) is 12.6. The van der Waals surface area contributed by atoms with Crippen molar-refractivity contribution in [3.8, 4) is 0 Å². The van der Waals surface area contributed by atoms with Crippen molar-refractivity contribution < 1.29 is 4.79 Å². The van der Waals surface area contributed by atoms with Gasteiger partial charge < -0.3 is 10.6 Å². The molecule has 82 valence electrons. The first-order valence-electron chi connectivity index (χ1n) is 5.00. The first-order chi connectivity index (χ1) is 7.27. The molecule has 1 aliphatic rings. The number of carbonyl (C=O) groups excluding carboxylic acids is 1. The van der Waals surface area contributed by atoms with Crippen molar-refractivity contribution in [2.24, 2.45) is 0 Å². The molecule has 2 N–H and O–H groups in total. The number of hydrogen-bond donors (Lipinski definition) is 2. The Bertz CT molecular complexity index is 353. The lowest BCUT2D eigenvalue weighted by Gasteiger charge is -2.08. The zero-order valence-electron chi connectivity index (χ0n) is 8.25. The molecule has 2 rings (SSSR count). The molecule has 1 aromatic rings. The van der Waals surface area contributed by atoms with E-state index in [4.69, 9.17) is 0 Å². The average Bonchev–Trinajstić information content (AvgIpc) is 2.78. The van der Waals surface area contributed by atoms with Crippen molar-refractivity contribution in [3.63, 3.8) is 0 Å². The second-order valence-corrected chi connectivity index (χ2v) is 5.38. The van der Waals surface area contributed by atoms with E-state index in [-0.39, 0.29) is 11.9 Å². The summed E-state index contributed by atoms with van der Waals surface area (Å²) >= 11 is 5.24. The van der Waals surface area contributed by atoms with Crippen molar-refractivity contribution in [3.05, 3.63) is 20.8 Å². The minimum Gasteiger partial charge on any atom is -0.355 e. The molecule has 1 aromatic heterocycles. The molecule has 1 unspecified atom stereocenters. The topological polar surface area (TPSA) is 41.1 Å². The average molecular weight is 289 g/mol. The lowest BCUT2D eigenvalue weighted by atomic mass is 10.2. The number of carbonyl (C=O) groups is 1. The second kappa shape index (κ2) is 5.09. The third-order valence-corrected chi connectivity index (χ3v) is 4.47. The fourth-order valence-corrected chi connectivity index (χ4v) is 3.21. The molecule has 1 saturated heterocycles. The predicted octanol–water partition coefficient (Wildman–Crippen LogP) is 1.53. The summed E-state index contributed by atoms with van der Waals surface area (Å²) in [5.41, 5.74) is 0. The van der Waals surface area contributed by atoms with Crippen LogP contribution in [0.4, 0.5) is 0 Å². The van der Waals surface area contributed by atoms with Crippen molar-refractivity contribution in [1.29, 1.82) is 0 Å². The maximum absolute atomic E-state index is 11.3. The van der Waals surface area contributed by atoms with Crippen LogP contribution in [0.25, 0.3) is 0 Å². The molecule has 1 aliphatic heterocycles. The SMILES string of the molecule is O=C1NCCC1NCCc1sccc1Br. The van der Waals surface area contributed by atoms with Crippen molar-refractivity contribution >= 4 is 33.2 Å². The Balaban J connectivity index is 1.75. The van der Waals surface area contributed by atoms with Gasteiger partial charge in [-0.05, 0) is 40.2 Å². The fourth-order valence-electron chi connectivity index (χ4n) is 1.65. The molecular weight excluding hydrogens is 276 g/mol. The van der Waals surface area contributed by atoms with Crippen molar-refractivity contribution in [1.82, 2.24) is 10.6 Å². The molecule has 1 amide bonds. The van der Waals surface area contributed by atoms with Crippen LogP contribution < -0.4 is 10.6 Å². The number of hydrogen-bond acceptors (Lipinski definition) is 3. The van der Waals surface area contributed by atoms with Gasteiger partial charge in [-0.15, -0.1) is 11.3 Å². The van der Waals surface area contributed by atoms with Crippen LogP contribution in [0.3, 0.4) is 0 Å². The molecule has 5 heteroatoms. The Hall–Kier alpha value is -0.390. The van der Waals surface area contributed by atoms with Crippen LogP contribution in [0, 0.1) is 0 Å². The molecule has 0 radical (unpaired) electrons. The highest BCUT2D eigenvalue weighted by atomic mass is 79.9. The fraction of sp³-hybridized carbons (Fsp3) is 0.500. The number of rotatable bonds is 4. The van der Waals surface area contributed by atoms with Gasteiger partial charge in [0.1, 0.15) is 0 Å². The minimum atomic E-state index is 0.0173. The van der Waals surface area contributed by atoms with Crippen LogP contribution in [-0.4, -0.2) is 25.0 Å². The minimum absolute atomic E-state index is 0.0173. The quantitative estimate of drug-likeness (QED) is 0.882. The Morgan fingerprint density at radius 1 is 1.67 bits per heavy atom. The highest BCUT2D eigenvalue weighted by Gasteiger charge is 2.22. The highest BCUT2D eigenvalue weighted by Crippen LogP contribution is 2.22. The van der Waals surface area contributed by atoms with Gasteiger partial charge in [0.2, 0.25) is 5.91 Å². The highest BCUT2D eigenvalue weighted by molar-refractivity contribution is 9.10. The summed E-state index contributed by atoms with van der Waals surface area (Å²) in [7, 11) is 0. The molecule has 0 spiro atoms. The second-order valence-electron chi connectivity index (χ2n) is 3.53. The Labute approximate surface area is 101 Å². The van der Waals surface area contributed by atoms with E-state index in [0.29, 0.717) is 0 Å². The van der Waals surface area contributed by atoms with Gasteiger partial charge in [0.05, 0.1) is 6.04 Å². The standard InChI is InChI=1S/C10H13BrN2OS/c11-7-3-6-15-9(7)2-5-12-8-1-4-13-10(8)14/h3,6,8,12H,1-2,4-5H2,(H,13,14). The van der Waals surface area contributed by atoms with E-state index < -0.39 is 0 Å². The Morgan fingerprint density at radius 3 is 3.13 bits per heavy atom. The summed E-state index contributed by atoms with van der Waals surface area (Å²) in [5.74, 6) is 0.139. The van der Waals surface area contributed by atoms with E-state index in [2.05, 4.69) is 38.0 Å². The van der Waals surface area contributed by atoms with E-state index in [1.807, 2.05) is 0 Å². The van der Waals surface area contributed by atoms with Gasteiger partial charge >= 0.3 is 0 Å². The first-order valence-corrected chi connectivity index (χ1v) is 6.67. The monoisotopic (exact) mass is 288 g/mol. The van der Waals surface area contributed by atoms with E-state index in [0.717, 1.165) is 25.9 Å². The maximum Gasteiger partial charge on any atom is 0.237 e. The summed E-state index contributed by atoms with van der Waals surface area (Å²) in [5, 5.41) is 8.16. The third-order valence-electron chi connectivity index (χ3n) is 2.48. The molecule has 0 aliphatic carbocycles. The Morgan fingerprint density at radius 2 is 2.53 bits per heavy atom. The molecule has 0 aromatic carbocycles. The van der Waals surface area contributed by atoms with Crippen LogP contribution >= 0.6 is 27.3 Å². The maximum atomic E-state index is 11.3. The van der Waals surface area contributed by atoms with Crippen LogP contribution in [-0.2, 0) is 11.2 Å². The molecular formula is C10H13BrN2OS. The molecule has 0 bridgehead atoms. The van der Waals surface area contributed by atoms with Gasteiger partial charge in [-0.1, -0.05) is 0 Å². The van der Waals surface area contributed by atoms with E-state index in [1.165, 1.54) is 9.35 Å². The molecule has 1 fully saturated rings. The summed E-state index contributed by atoms with van der Waals surface area (Å²) in [6.45, 7) is 1.66. The van der Waals surface area contributed by atoms with Crippen LogP contribution in [0.15, 0.2) is 15.9 Å². The molecule has 2 heterocycles. The Kier molecular flexibility index (Phi) is 3.77. The van der Waals surface area contributed by atoms with Gasteiger partial charge in [0.15, 0.2) is 0 Å². The van der Waals surface area contributed by atoms with Gasteiger partial charge in [0, 0.05) is 22.4 Å². The predicted molar refractivity (Wildman–Crippen MR) is 65.1 cm³/mol. The van der Waals surface area contributed by atoms with Gasteiger partial charge in [-0.2, -0.15) is 0 Å². The number of halogens is 1. The van der Waals surface area contributed by atoms with E-state index in [9.17, 15) is 4.79 Å². The largest absolute Gasteiger partial charge is 0.355 e. The summed E-state index contributed by atoms with van der Waals surface area (Å²) < 4.78 is 1.17. The van der Waals surface area contributed by atoms with Gasteiger partial charge in [0.25, 0.3) is 0 Å². The van der Waals surface area contributed by atoms with Gasteiger partial charge in [-0.25, -0.2) is 0 Å². The first kappa shape index (κ1) is 11.1. The van der Waals surface area contributed by atoms with Crippen molar-refractivity contribution in [2.75, 3.05) is 13.1 Å². The summed E-state index contributed by atoms with van der Waals surface area (Å²) in [6, 6.07) is 2.08. The van der Waals surface area contributed by atoms with Gasteiger partial charge in [-0.3, -0.25) is 4.79 Å². The van der Waals surface area contributed by atoms with Crippen molar-refractivity contribution in [2.45, 2.75) is 18.9 Å². The normalized spacial score (nSPS) is 20.6. The molecule has 15 heavy (non-hydrogen) atoms. The number of amides is 1.